The Morgan fingerprint density at radius 1 is 1.21 bits per heavy atom. The molecule has 0 saturated carbocycles. The standard InChI is InChI=1S/C18H20ClNO3S/c1-4-12-20(18-11-6-15(19)13-14(18)3)24(21,22)17-9-7-16(8-10-17)23-5-2/h4,6-11,13H,1,5,12H2,2-3H3. The van der Waals surface area contributed by atoms with E-state index >= 15 is 0 Å². The van der Waals surface area contributed by atoms with E-state index in [1.54, 1.807) is 48.5 Å². The lowest BCUT2D eigenvalue weighted by Crippen LogP contribution is -2.31. The van der Waals surface area contributed by atoms with Crippen LogP contribution in [0.5, 0.6) is 5.75 Å². The zero-order valence-corrected chi connectivity index (χ0v) is 15.3. The van der Waals surface area contributed by atoms with E-state index in [9.17, 15) is 8.42 Å². The first-order valence-electron chi connectivity index (χ1n) is 7.52. The molecule has 0 heterocycles. The van der Waals surface area contributed by atoms with Gasteiger partial charge >= 0.3 is 0 Å². The highest BCUT2D eigenvalue weighted by Crippen LogP contribution is 2.29. The summed E-state index contributed by atoms with van der Waals surface area (Å²) in [6.07, 6.45) is 1.56. The molecule has 0 radical (unpaired) electrons. The highest BCUT2D eigenvalue weighted by atomic mass is 35.5. The SMILES string of the molecule is C=CCN(c1ccc(Cl)cc1C)S(=O)(=O)c1ccc(OCC)cc1. The van der Waals surface area contributed by atoms with Gasteiger partial charge in [-0.1, -0.05) is 17.7 Å². The van der Waals surface area contributed by atoms with Gasteiger partial charge in [0.05, 0.1) is 23.7 Å². The van der Waals surface area contributed by atoms with Gasteiger partial charge in [0.25, 0.3) is 10.0 Å². The summed E-state index contributed by atoms with van der Waals surface area (Å²) in [5.41, 5.74) is 1.35. The van der Waals surface area contributed by atoms with Crippen molar-refractivity contribution in [3.8, 4) is 5.75 Å². The van der Waals surface area contributed by atoms with E-state index in [1.807, 2.05) is 13.8 Å². The van der Waals surface area contributed by atoms with Gasteiger partial charge in [0.2, 0.25) is 0 Å². The van der Waals surface area contributed by atoms with E-state index in [2.05, 4.69) is 6.58 Å². The van der Waals surface area contributed by atoms with E-state index in [0.29, 0.717) is 23.1 Å². The molecule has 24 heavy (non-hydrogen) atoms. The Kier molecular flexibility index (Phi) is 5.91. The molecule has 0 atom stereocenters. The molecule has 0 aromatic heterocycles. The van der Waals surface area contributed by atoms with Crippen LogP contribution >= 0.6 is 11.6 Å². The van der Waals surface area contributed by atoms with E-state index in [-0.39, 0.29) is 11.4 Å². The minimum atomic E-state index is -3.72. The summed E-state index contributed by atoms with van der Waals surface area (Å²) in [5.74, 6) is 0.634. The second kappa shape index (κ2) is 7.73. The molecule has 0 aliphatic rings. The summed E-state index contributed by atoms with van der Waals surface area (Å²) < 4.78 is 32.7. The van der Waals surface area contributed by atoms with Crippen LogP contribution in [0.2, 0.25) is 5.02 Å². The van der Waals surface area contributed by atoms with Gasteiger partial charge in [0.1, 0.15) is 5.75 Å². The summed E-state index contributed by atoms with van der Waals surface area (Å²) in [6, 6.07) is 11.5. The number of anilines is 1. The molecule has 0 spiro atoms. The van der Waals surface area contributed by atoms with Crippen molar-refractivity contribution in [2.24, 2.45) is 0 Å². The molecule has 4 nitrogen and oxygen atoms in total. The Balaban J connectivity index is 2.46. The zero-order valence-electron chi connectivity index (χ0n) is 13.7. The third-order valence-corrected chi connectivity index (χ3v) is 5.47. The molecule has 0 amide bonds. The lowest BCUT2D eigenvalue weighted by atomic mass is 10.2. The predicted molar refractivity (Wildman–Crippen MR) is 98.5 cm³/mol. The van der Waals surface area contributed by atoms with Crippen LogP contribution in [0.4, 0.5) is 5.69 Å². The van der Waals surface area contributed by atoms with Crippen molar-refractivity contribution in [3.05, 3.63) is 65.7 Å². The molecule has 0 saturated heterocycles. The number of halogens is 1. The van der Waals surface area contributed by atoms with Crippen molar-refractivity contribution in [1.29, 1.82) is 0 Å². The molecule has 0 aliphatic heterocycles. The lowest BCUT2D eigenvalue weighted by molar-refractivity contribution is 0.340. The zero-order chi connectivity index (χ0) is 17.7. The first-order chi connectivity index (χ1) is 11.4. The molecular weight excluding hydrogens is 346 g/mol. The molecule has 0 aliphatic carbocycles. The van der Waals surface area contributed by atoms with Crippen LogP contribution < -0.4 is 9.04 Å². The van der Waals surface area contributed by atoms with Crippen molar-refractivity contribution in [2.75, 3.05) is 17.5 Å². The molecule has 0 fully saturated rings. The number of ether oxygens (including phenoxy) is 1. The van der Waals surface area contributed by atoms with Crippen molar-refractivity contribution < 1.29 is 13.2 Å². The Morgan fingerprint density at radius 3 is 2.42 bits per heavy atom. The number of benzene rings is 2. The highest BCUT2D eigenvalue weighted by Gasteiger charge is 2.25. The van der Waals surface area contributed by atoms with E-state index < -0.39 is 10.0 Å². The maximum atomic E-state index is 13.0. The van der Waals surface area contributed by atoms with Crippen LogP contribution in [0.25, 0.3) is 0 Å². The topological polar surface area (TPSA) is 46.6 Å². The monoisotopic (exact) mass is 365 g/mol. The second-order valence-electron chi connectivity index (χ2n) is 5.16. The Bertz CT molecular complexity index is 817. The van der Waals surface area contributed by atoms with Crippen LogP contribution in [-0.2, 0) is 10.0 Å². The average Bonchev–Trinajstić information content (AvgIpc) is 2.54. The van der Waals surface area contributed by atoms with Crippen LogP contribution in [-0.4, -0.2) is 21.6 Å². The minimum Gasteiger partial charge on any atom is -0.494 e. The van der Waals surface area contributed by atoms with Crippen LogP contribution in [0, 0.1) is 6.92 Å². The van der Waals surface area contributed by atoms with Crippen LogP contribution in [0.3, 0.4) is 0 Å². The van der Waals surface area contributed by atoms with E-state index in [4.69, 9.17) is 16.3 Å². The Labute approximate surface area is 148 Å². The highest BCUT2D eigenvalue weighted by molar-refractivity contribution is 7.92. The number of aryl methyl sites for hydroxylation is 1. The van der Waals surface area contributed by atoms with Crippen molar-refractivity contribution in [3.63, 3.8) is 0 Å². The van der Waals surface area contributed by atoms with E-state index in [1.165, 1.54) is 4.31 Å². The first kappa shape index (κ1) is 18.4. The lowest BCUT2D eigenvalue weighted by Gasteiger charge is -2.25. The van der Waals surface area contributed by atoms with Gasteiger partial charge in [-0.2, -0.15) is 0 Å². The molecule has 2 aromatic carbocycles. The van der Waals surface area contributed by atoms with Gasteiger partial charge in [0, 0.05) is 5.02 Å². The number of sulfonamides is 1. The van der Waals surface area contributed by atoms with Crippen LogP contribution in [0.1, 0.15) is 12.5 Å². The average molecular weight is 366 g/mol. The summed E-state index contributed by atoms with van der Waals surface area (Å²) in [7, 11) is -3.72. The minimum absolute atomic E-state index is 0.165. The third kappa shape index (κ3) is 3.91. The Morgan fingerprint density at radius 2 is 1.88 bits per heavy atom. The molecule has 2 aromatic rings. The van der Waals surface area contributed by atoms with Gasteiger partial charge in [0.15, 0.2) is 0 Å². The largest absolute Gasteiger partial charge is 0.494 e. The van der Waals surface area contributed by atoms with Gasteiger partial charge in [-0.3, -0.25) is 4.31 Å². The smallest absolute Gasteiger partial charge is 0.264 e. The first-order valence-corrected chi connectivity index (χ1v) is 9.34. The fourth-order valence-electron chi connectivity index (χ4n) is 2.34. The molecule has 2 rings (SSSR count). The van der Waals surface area contributed by atoms with Gasteiger partial charge in [-0.05, 0) is 61.9 Å². The fourth-order valence-corrected chi connectivity index (χ4v) is 4.07. The number of nitrogens with zero attached hydrogens (tertiary/aromatic N) is 1. The number of hydrogen-bond acceptors (Lipinski definition) is 3. The molecule has 0 N–H and O–H groups in total. The molecule has 0 unspecified atom stereocenters. The normalized spacial score (nSPS) is 11.1. The quantitative estimate of drug-likeness (QED) is 0.682. The van der Waals surface area contributed by atoms with Gasteiger partial charge in [-0.25, -0.2) is 8.42 Å². The summed E-state index contributed by atoms with van der Waals surface area (Å²) >= 11 is 5.98. The predicted octanol–water partition coefficient (Wildman–Crippen LogP) is 4.43. The molecule has 0 bridgehead atoms. The summed E-state index contributed by atoms with van der Waals surface area (Å²) in [4.78, 5) is 0.196. The molecule has 128 valence electrons. The van der Waals surface area contributed by atoms with Gasteiger partial charge in [-0.15, -0.1) is 6.58 Å². The van der Waals surface area contributed by atoms with E-state index in [0.717, 1.165) is 5.56 Å². The second-order valence-corrected chi connectivity index (χ2v) is 7.46. The molecule has 6 heteroatoms. The van der Waals surface area contributed by atoms with Crippen molar-refractivity contribution >= 4 is 27.3 Å². The van der Waals surface area contributed by atoms with Crippen molar-refractivity contribution in [1.82, 2.24) is 0 Å². The number of hydrogen-bond donors (Lipinski definition) is 0. The fraction of sp³-hybridized carbons (Fsp3) is 0.222. The maximum absolute atomic E-state index is 13.0. The van der Waals surface area contributed by atoms with Gasteiger partial charge < -0.3 is 4.74 Å². The number of rotatable bonds is 7. The maximum Gasteiger partial charge on any atom is 0.264 e. The summed E-state index contributed by atoms with van der Waals surface area (Å²) in [5, 5.41) is 0.563. The van der Waals surface area contributed by atoms with Crippen molar-refractivity contribution in [2.45, 2.75) is 18.7 Å². The summed E-state index contributed by atoms with van der Waals surface area (Å²) in [6.45, 7) is 8.06. The molecular formula is C18H20ClNO3S. The van der Waals surface area contributed by atoms with Crippen LogP contribution in [0.15, 0.2) is 60.0 Å². The Hall–Kier alpha value is -1.98. The third-order valence-electron chi connectivity index (χ3n) is 3.45.